The number of nitro benzene ring substituents is 1. The van der Waals surface area contributed by atoms with Gasteiger partial charge in [-0.05, 0) is 44.9 Å². The van der Waals surface area contributed by atoms with Crippen LogP contribution in [-0.4, -0.2) is 40.9 Å². The topological polar surface area (TPSA) is 75.5 Å². The number of amides is 1. The molecule has 0 radical (unpaired) electrons. The molecule has 2 aliphatic heterocycles. The molecule has 0 saturated carbocycles. The van der Waals surface area contributed by atoms with Crippen molar-refractivity contribution >= 4 is 11.6 Å². The molecule has 0 spiro atoms. The van der Waals surface area contributed by atoms with Crippen LogP contribution < -0.4 is 5.32 Å². The van der Waals surface area contributed by atoms with E-state index in [1.165, 1.54) is 6.92 Å². The molecule has 2 bridgehead atoms. The van der Waals surface area contributed by atoms with Gasteiger partial charge in [-0.25, -0.2) is 4.39 Å². The molecule has 6 nitrogen and oxygen atoms in total. The lowest BCUT2D eigenvalue weighted by Crippen LogP contribution is -2.42. The SMILES string of the molecule is Cc1cc(F)cc(C(=O)N2C3CCNCC2CC3)c1[N+](=O)[O-]. The first kappa shape index (κ1) is 14.9. The summed E-state index contributed by atoms with van der Waals surface area (Å²) in [6, 6.07) is 2.19. The standard InChI is InChI=1S/C15H18FN3O3/c1-9-6-10(16)7-13(14(9)19(21)22)15(20)18-11-2-3-12(18)8-17-5-4-11/h6-7,11-12,17H,2-5,8H2,1H3. The van der Waals surface area contributed by atoms with Gasteiger partial charge in [-0.2, -0.15) is 0 Å². The van der Waals surface area contributed by atoms with E-state index in [4.69, 9.17) is 0 Å². The lowest BCUT2D eigenvalue weighted by Gasteiger charge is -2.28. The summed E-state index contributed by atoms with van der Waals surface area (Å²) in [5.74, 6) is -1.04. The molecule has 2 aliphatic rings. The zero-order valence-electron chi connectivity index (χ0n) is 12.3. The van der Waals surface area contributed by atoms with Crippen LogP contribution in [0.4, 0.5) is 10.1 Å². The van der Waals surface area contributed by atoms with Crippen LogP contribution in [0.5, 0.6) is 0 Å². The molecule has 1 aromatic carbocycles. The predicted molar refractivity (Wildman–Crippen MR) is 78.3 cm³/mol. The van der Waals surface area contributed by atoms with E-state index in [-0.39, 0.29) is 28.9 Å². The zero-order valence-corrected chi connectivity index (χ0v) is 12.3. The third-order valence-electron chi connectivity index (χ3n) is 4.57. The summed E-state index contributed by atoms with van der Waals surface area (Å²) in [4.78, 5) is 25.3. The molecule has 0 aliphatic carbocycles. The Morgan fingerprint density at radius 2 is 2.09 bits per heavy atom. The Hall–Kier alpha value is -2.02. The normalized spacial score (nSPS) is 24.2. The Balaban J connectivity index is 2.03. The van der Waals surface area contributed by atoms with E-state index in [1.54, 1.807) is 4.90 Å². The Bertz CT molecular complexity index is 621. The van der Waals surface area contributed by atoms with Crippen molar-refractivity contribution in [3.05, 3.63) is 39.2 Å². The maximum Gasteiger partial charge on any atom is 0.285 e. The van der Waals surface area contributed by atoms with Crippen LogP contribution in [0.15, 0.2) is 12.1 Å². The third kappa shape index (κ3) is 2.45. The third-order valence-corrected chi connectivity index (χ3v) is 4.57. The summed E-state index contributed by atoms with van der Waals surface area (Å²) in [6.07, 6.45) is 2.61. The molecular formula is C15H18FN3O3. The van der Waals surface area contributed by atoms with Gasteiger partial charge in [0.15, 0.2) is 0 Å². The highest BCUT2D eigenvalue weighted by atomic mass is 19.1. The van der Waals surface area contributed by atoms with Gasteiger partial charge in [0.05, 0.1) is 4.92 Å². The molecule has 1 aromatic rings. The first-order chi connectivity index (χ1) is 10.5. The summed E-state index contributed by atoms with van der Waals surface area (Å²) in [5.41, 5.74) is -0.252. The van der Waals surface area contributed by atoms with Gasteiger partial charge in [0.1, 0.15) is 11.4 Å². The van der Waals surface area contributed by atoms with Crippen molar-refractivity contribution in [3.8, 4) is 0 Å². The van der Waals surface area contributed by atoms with E-state index in [1.807, 2.05) is 0 Å². The highest BCUT2D eigenvalue weighted by Gasteiger charge is 2.40. The van der Waals surface area contributed by atoms with Gasteiger partial charge in [-0.15, -0.1) is 0 Å². The maximum absolute atomic E-state index is 13.7. The summed E-state index contributed by atoms with van der Waals surface area (Å²) in [6.45, 7) is 2.97. The minimum atomic E-state index is -0.619. The quantitative estimate of drug-likeness (QED) is 0.670. The number of fused-ring (bicyclic) bond motifs is 2. The molecular weight excluding hydrogens is 289 g/mol. The number of aryl methyl sites for hydroxylation is 1. The molecule has 2 unspecified atom stereocenters. The number of carbonyl (C=O) groups is 1. The van der Waals surface area contributed by atoms with E-state index in [2.05, 4.69) is 5.32 Å². The van der Waals surface area contributed by atoms with Crippen molar-refractivity contribution in [1.82, 2.24) is 10.2 Å². The number of nitro groups is 1. The summed E-state index contributed by atoms with van der Waals surface area (Å²) in [7, 11) is 0. The van der Waals surface area contributed by atoms with Gasteiger partial charge < -0.3 is 10.2 Å². The van der Waals surface area contributed by atoms with Crippen molar-refractivity contribution in [2.75, 3.05) is 13.1 Å². The molecule has 118 valence electrons. The second-order valence-electron chi connectivity index (χ2n) is 5.97. The number of nitrogens with zero attached hydrogens (tertiary/aromatic N) is 2. The summed E-state index contributed by atoms with van der Waals surface area (Å²) < 4.78 is 13.7. The van der Waals surface area contributed by atoms with E-state index >= 15 is 0 Å². The zero-order chi connectivity index (χ0) is 15.9. The van der Waals surface area contributed by atoms with Gasteiger partial charge in [0.25, 0.3) is 11.6 Å². The maximum atomic E-state index is 13.7. The summed E-state index contributed by atoms with van der Waals surface area (Å²) in [5, 5.41) is 14.6. The molecule has 1 N–H and O–H groups in total. The average Bonchev–Trinajstić information content (AvgIpc) is 2.69. The largest absolute Gasteiger partial charge is 0.331 e. The van der Waals surface area contributed by atoms with Crippen LogP contribution >= 0.6 is 0 Å². The van der Waals surface area contributed by atoms with Gasteiger partial charge in [0, 0.05) is 24.2 Å². The van der Waals surface area contributed by atoms with Gasteiger partial charge in [0.2, 0.25) is 0 Å². The van der Waals surface area contributed by atoms with E-state index in [9.17, 15) is 19.3 Å². The smallest absolute Gasteiger partial charge is 0.285 e. The van der Waals surface area contributed by atoms with Crippen molar-refractivity contribution < 1.29 is 14.1 Å². The minimum Gasteiger partial charge on any atom is -0.331 e. The monoisotopic (exact) mass is 307 g/mol. The van der Waals surface area contributed by atoms with Crippen LogP contribution in [-0.2, 0) is 0 Å². The van der Waals surface area contributed by atoms with Crippen molar-refractivity contribution in [2.45, 2.75) is 38.3 Å². The number of rotatable bonds is 2. The molecule has 2 fully saturated rings. The second-order valence-corrected chi connectivity index (χ2v) is 5.97. The second kappa shape index (κ2) is 5.64. The Labute approximate surface area is 127 Å². The molecule has 3 rings (SSSR count). The predicted octanol–water partition coefficient (Wildman–Crippen LogP) is 2.01. The van der Waals surface area contributed by atoms with E-state index < -0.39 is 16.6 Å². The average molecular weight is 307 g/mol. The summed E-state index contributed by atoms with van der Waals surface area (Å²) >= 11 is 0. The molecule has 7 heteroatoms. The Morgan fingerprint density at radius 3 is 2.82 bits per heavy atom. The molecule has 1 amide bonds. The Kier molecular flexibility index (Phi) is 3.82. The van der Waals surface area contributed by atoms with Crippen LogP contribution in [0, 0.1) is 22.9 Å². The number of hydrogen-bond acceptors (Lipinski definition) is 4. The van der Waals surface area contributed by atoms with Crippen LogP contribution in [0.3, 0.4) is 0 Å². The van der Waals surface area contributed by atoms with Crippen LogP contribution in [0.1, 0.15) is 35.2 Å². The Morgan fingerprint density at radius 1 is 1.36 bits per heavy atom. The minimum absolute atomic E-state index is 0.0307. The number of nitrogens with one attached hydrogen (secondary N) is 1. The molecule has 2 atom stereocenters. The molecule has 2 saturated heterocycles. The van der Waals surface area contributed by atoms with Crippen molar-refractivity contribution in [1.29, 1.82) is 0 Å². The lowest BCUT2D eigenvalue weighted by molar-refractivity contribution is -0.385. The van der Waals surface area contributed by atoms with Crippen molar-refractivity contribution in [3.63, 3.8) is 0 Å². The van der Waals surface area contributed by atoms with E-state index in [0.717, 1.165) is 37.9 Å². The van der Waals surface area contributed by atoms with Crippen LogP contribution in [0.2, 0.25) is 0 Å². The number of hydrogen-bond donors (Lipinski definition) is 1. The lowest BCUT2D eigenvalue weighted by atomic mass is 10.1. The van der Waals surface area contributed by atoms with E-state index in [0.29, 0.717) is 6.54 Å². The first-order valence-corrected chi connectivity index (χ1v) is 7.47. The van der Waals surface area contributed by atoms with Crippen molar-refractivity contribution in [2.24, 2.45) is 0 Å². The van der Waals surface area contributed by atoms with Gasteiger partial charge in [-0.3, -0.25) is 14.9 Å². The fourth-order valence-electron chi connectivity index (χ4n) is 3.59. The molecule has 22 heavy (non-hydrogen) atoms. The number of halogens is 1. The molecule has 2 heterocycles. The highest BCUT2D eigenvalue weighted by molar-refractivity contribution is 5.99. The highest BCUT2D eigenvalue weighted by Crippen LogP contribution is 2.33. The van der Waals surface area contributed by atoms with Gasteiger partial charge >= 0.3 is 0 Å². The number of carbonyl (C=O) groups excluding carboxylic acids is 1. The fourth-order valence-corrected chi connectivity index (χ4v) is 3.59. The number of benzene rings is 1. The fraction of sp³-hybridized carbons (Fsp3) is 0.533. The molecule has 0 aromatic heterocycles. The van der Waals surface area contributed by atoms with Crippen LogP contribution in [0.25, 0.3) is 0 Å². The first-order valence-electron chi connectivity index (χ1n) is 7.47. The van der Waals surface area contributed by atoms with Gasteiger partial charge in [-0.1, -0.05) is 0 Å².